The summed E-state index contributed by atoms with van der Waals surface area (Å²) in [6.07, 6.45) is 2.15. The van der Waals surface area contributed by atoms with Crippen LogP contribution >= 0.6 is 0 Å². The minimum absolute atomic E-state index is 0.562. The lowest BCUT2D eigenvalue weighted by atomic mass is 9.95. The van der Waals surface area contributed by atoms with Crippen molar-refractivity contribution in [2.45, 2.75) is 26.7 Å². The van der Waals surface area contributed by atoms with Crippen LogP contribution in [0, 0.1) is 6.92 Å². The van der Waals surface area contributed by atoms with Crippen molar-refractivity contribution < 1.29 is 4.57 Å². The molecule has 1 aromatic heterocycles. The molecule has 1 heterocycles. The van der Waals surface area contributed by atoms with Gasteiger partial charge in [0.15, 0.2) is 6.20 Å². The third kappa shape index (κ3) is 3.19. The maximum absolute atomic E-state index is 2.31. The van der Waals surface area contributed by atoms with Gasteiger partial charge in [-0.2, -0.15) is 0 Å². The topological polar surface area (TPSA) is 3.88 Å². The van der Waals surface area contributed by atoms with E-state index in [4.69, 9.17) is 0 Å². The molecule has 0 aliphatic heterocycles. The number of hydrogen-bond acceptors (Lipinski definition) is 0. The van der Waals surface area contributed by atoms with E-state index in [1.807, 2.05) is 0 Å². The minimum atomic E-state index is 0.562. The Morgan fingerprint density at radius 3 is 2.22 bits per heavy atom. The average Bonchev–Trinajstić information content (AvgIpc) is 2.56. The molecule has 3 aromatic rings. The predicted octanol–water partition coefficient (Wildman–Crippen LogP) is 5.28. The van der Waals surface area contributed by atoms with Gasteiger partial charge in [-0.1, -0.05) is 56.3 Å². The van der Waals surface area contributed by atoms with E-state index in [0.29, 0.717) is 5.92 Å². The first kappa shape index (κ1) is 15.5. The van der Waals surface area contributed by atoms with Gasteiger partial charge in [0.05, 0.1) is 0 Å². The van der Waals surface area contributed by atoms with Crippen LogP contribution in [0.2, 0.25) is 0 Å². The zero-order valence-corrected chi connectivity index (χ0v) is 14.4. The lowest BCUT2D eigenvalue weighted by Crippen LogP contribution is -2.30. The van der Waals surface area contributed by atoms with Crippen LogP contribution in [0.15, 0.2) is 66.9 Å². The van der Waals surface area contributed by atoms with Crippen molar-refractivity contribution in [1.82, 2.24) is 0 Å². The van der Waals surface area contributed by atoms with Gasteiger partial charge in [-0.15, -0.1) is 0 Å². The smallest absolute Gasteiger partial charge is 0.201 e. The van der Waals surface area contributed by atoms with Crippen molar-refractivity contribution in [1.29, 1.82) is 0 Å². The molecule has 116 valence electrons. The molecule has 23 heavy (non-hydrogen) atoms. The monoisotopic (exact) mass is 302 g/mol. The summed E-state index contributed by atoms with van der Waals surface area (Å²) in [5.41, 5.74) is 7.79. The Morgan fingerprint density at radius 2 is 1.57 bits per heavy atom. The van der Waals surface area contributed by atoms with E-state index in [1.165, 1.54) is 33.5 Å². The highest BCUT2D eigenvalue weighted by Crippen LogP contribution is 2.27. The van der Waals surface area contributed by atoms with Crippen molar-refractivity contribution in [3.63, 3.8) is 0 Å². The zero-order chi connectivity index (χ0) is 16.4. The number of aryl methyl sites for hydroxylation is 2. The summed E-state index contributed by atoms with van der Waals surface area (Å²) in [6.45, 7) is 6.69. The lowest BCUT2D eigenvalue weighted by Gasteiger charge is -2.11. The van der Waals surface area contributed by atoms with Crippen molar-refractivity contribution in [2.24, 2.45) is 7.05 Å². The molecule has 0 aliphatic carbocycles. The molecule has 0 amide bonds. The van der Waals surface area contributed by atoms with E-state index in [9.17, 15) is 0 Å². The zero-order valence-electron chi connectivity index (χ0n) is 14.4. The molecule has 1 heteroatoms. The predicted molar refractivity (Wildman–Crippen MR) is 97.3 cm³/mol. The molecule has 0 atom stereocenters. The van der Waals surface area contributed by atoms with E-state index in [1.54, 1.807) is 0 Å². The molecular formula is C22H24N+. The van der Waals surface area contributed by atoms with Crippen LogP contribution < -0.4 is 4.57 Å². The quantitative estimate of drug-likeness (QED) is 0.580. The van der Waals surface area contributed by atoms with Crippen LogP contribution in [-0.2, 0) is 7.05 Å². The molecule has 0 unspecified atom stereocenters. The van der Waals surface area contributed by atoms with Gasteiger partial charge in [0.1, 0.15) is 7.05 Å². The van der Waals surface area contributed by atoms with Gasteiger partial charge in [0, 0.05) is 17.7 Å². The molecule has 0 spiro atoms. The van der Waals surface area contributed by atoms with Crippen molar-refractivity contribution in [3.05, 3.63) is 78.0 Å². The molecule has 3 rings (SSSR count). The summed E-state index contributed by atoms with van der Waals surface area (Å²) < 4.78 is 2.20. The molecule has 1 nitrogen and oxygen atoms in total. The first-order valence-corrected chi connectivity index (χ1v) is 8.22. The van der Waals surface area contributed by atoms with Crippen LogP contribution in [0.4, 0.5) is 0 Å². The van der Waals surface area contributed by atoms with Crippen molar-refractivity contribution in [2.75, 3.05) is 0 Å². The van der Waals surface area contributed by atoms with Gasteiger partial charge in [-0.05, 0) is 41.2 Å². The number of rotatable bonds is 3. The summed E-state index contributed by atoms with van der Waals surface area (Å²) in [6, 6.07) is 21.8. The third-order valence-electron chi connectivity index (χ3n) is 4.45. The molecule has 0 radical (unpaired) electrons. The van der Waals surface area contributed by atoms with Gasteiger partial charge >= 0.3 is 0 Å². The standard InChI is InChI=1S/C22H24N/c1-16(2)19-10-11-21(17(3)14-19)22-15-20(12-13-23(22)4)18-8-6-5-7-9-18/h5-16H,1-4H3/q+1. The van der Waals surface area contributed by atoms with Gasteiger partial charge in [0.25, 0.3) is 0 Å². The van der Waals surface area contributed by atoms with Gasteiger partial charge in [0.2, 0.25) is 5.69 Å². The van der Waals surface area contributed by atoms with Gasteiger partial charge in [-0.3, -0.25) is 0 Å². The molecule has 0 saturated carbocycles. The molecular weight excluding hydrogens is 278 g/mol. The Hall–Kier alpha value is -2.41. The van der Waals surface area contributed by atoms with Crippen LogP contribution in [0.3, 0.4) is 0 Å². The fourth-order valence-corrected chi connectivity index (χ4v) is 2.98. The van der Waals surface area contributed by atoms with Crippen molar-refractivity contribution in [3.8, 4) is 22.4 Å². The minimum Gasteiger partial charge on any atom is -0.201 e. The fraction of sp³-hybridized carbons (Fsp3) is 0.227. The highest BCUT2D eigenvalue weighted by atomic mass is 14.9. The van der Waals surface area contributed by atoms with E-state index in [2.05, 4.69) is 99.2 Å². The van der Waals surface area contributed by atoms with Gasteiger partial charge < -0.3 is 0 Å². The molecule has 2 aromatic carbocycles. The molecule has 0 bridgehead atoms. The highest BCUT2D eigenvalue weighted by Gasteiger charge is 2.15. The van der Waals surface area contributed by atoms with Crippen LogP contribution in [0.25, 0.3) is 22.4 Å². The second kappa shape index (κ2) is 6.37. The van der Waals surface area contributed by atoms with Crippen LogP contribution in [-0.4, -0.2) is 0 Å². The largest absolute Gasteiger partial charge is 0.213 e. The Labute approximate surface area is 139 Å². The normalized spacial score (nSPS) is 11.0. The number of benzene rings is 2. The van der Waals surface area contributed by atoms with E-state index >= 15 is 0 Å². The first-order valence-electron chi connectivity index (χ1n) is 8.22. The summed E-state index contributed by atoms with van der Waals surface area (Å²) in [5.74, 6) is 0.562. The Morgan fingerprint density at radius 1 is 0.826 bits per heavy atom. The fourth-order valence-electron chi connectivity index (χ4n) is 2.98. The maximum Gasteiger partial charge on any atom is 0.213 e. The molecule has 0 N–H and O–H groups in total. The first-order chi connectivity index (χ1) is 11.1. The summed E-state index contributed by atoms with van der Waals surface area (Å²) >= 11 is 0. The van der Waals surface area contributed by atoms with E-state index in [-0.39, 0.29) is 0 Å². The Kier molecular flexibility index (Phi) is 4.29. The van der Waals surface area contributed by atoms with Crippen LogP contribution in [0.5, 0.6) is 0 Å². The number of aromatic nitrogens is 1. The Balaban J connectivity index is 2.10. The molecule has 0 aliphatic rings. The highest BCUT2D eigenvalue weighted by molar-refractivity contribution is 5.70. The summed E-state index contributed by atoms with van der Waals surface area (Å²) in [7, 11) is 2.11. The lowest BCUT2D eigenvalue weighted by molar-refractivity contribution is -0.660. The maximum atomic E-state index is 2.31. The average molecular weight is 302 g/mol. The van der Waals surface area contributed by atoms with Crippen LogP contribution in [0.1, 0.15) is 30.9 Å². The number of hydrogen-bond donors (Lipinski definition) is 0. The molecule has 0 saturated heterocycles. The van der Waals surface area contributed by atoms with Gasteiger partial charge in [-0.25, -0.2) is 4.57 Å². The van der Waals surface area contributed by atoms with E-state index in [0.717, 1.165) is 0 Å². The third-order valence-corrected chi connectivity index (χ3v) is 4.45. The molecule has 0 fully saturated rings. The second-order valence-corrected chi connectivity index (χ2v) is 6.51. The summed E-state index contributed by atoms with van der Waals surface area (Å²) in [4.78, 5) is 0. The summed E-state index contributed by atoms with van der Waals surface area (Å²) in [5, 5.41) is 0. The second-order valence-electron chi connectivity index (χ2n) is 6.51. The SMILES string of the molecule is Cc1cc(C(C)C)ccc1-c1cc(-c2ccccc2)cc[n+]1C. The van der Waals surface area contributed by atoms with E-state index < -0.39 is 0 Å². The van der Waals surface area contributed by atoms with Crippen molar-refractivity contribution >= 4 is 0 Å². The number of pyridine rings is 1. The Bertz CT molecular complexity index is 817. The number of nitrogens with zero attached hydrogens (tertiary/aromatic N) is 1.